The average Bonchev–Trinajstić information content (AvgIpc) is 2.33. The molecule has 2 rings (SSSR count). The normalized spacial score (nSPS) is 19.6. The SMILES string of the molecule is OCC1(Cc2ccc(F)cc2)CCOCC1. The van der Waals surface area contributed by atoms with Crippen molar-refractivity contribution in [1.82, 2.24) is 0 Å². The van der Waals surface area contributed by atoms with Crippen LogP contribution in [0.1, 0.15) is 18.4 Å². The van der Waals surface area contributed by atoms with Crippen LogP contribution in [0.4, 0.5) is 4.39 Å². The Labute approximate surface area is 95.1 Å². The van der Waals surface area contributed by atoms with Gasteiger partial charge in [-0.2, -0.15) is 0 Å². The number of hydrogen-bond donors (Lipinski definition) is 1. The van der Waals surface area contributed by atoms with Gasteiger partial charge in [0, 0.05) is 25.2 Å². The topological polar surface area (TPSA) is 29.5 Å². The second-order valence-corrected chi connectivity index (χ2v) is 4.57. The van der Waals surface area contributed by atoms with E-state index >= 15 is 0 Å². The van der Waals surface area contributed by atoms with Crippen molar-refractivity contribution < 1.29 is 14.2 Å². The van der Waals surface area contributed by atoms with Gasteiger partial charge in [-0.3, -0.25) is 0 Å². The predicted octanol–water partition coefficient (Wildman–Crippen LogP) is 2.16. The van der Waals surface area contributed by atoms with Crippen LogP contribution in [0.2, 0.25) is 0 Å². The van der Waals surface area contributed by atoms with E-state index in [1.54, 1.807) is 12.1 Å². The minimum absolute atomic E-state index is 0.0733. The van der Waals surface area contributed by atoms with E-state index in [0.717, 1.165) is 24.8 Å². The van der Waals surface area contributed by atoms with Gasteiger partial charge in [-0.25, -0.2) is 4.39 Å². The number of hydrogen-bond acceptors (Lipinski definition) is 2. The van der Waals surface area contributed by atoms with E-state index in [9.17, 15) is 9.50 Å². The highest BCUT2D eigenvalue weighted by Gasteiger charge is 2.31. The van der Waals surface area contributed by atoms with Gasteiger partial charge < -0.3 is 9.84 Å². The Balaban J connectivity index is 2.08. The van der Waals surface area contributed by atoms with Crippen molar-refractivity contribution in [2.75, 3.05) is 19.8 Å². The van der Waals surface area contributed by atoms with Gasteiger partial charge in [0.15, 0.2) is 0 Å². The van der Waals surface area contributed by atoms with Crippen molar-refractivity contribution >= 4 is 0 Å². The van der Waals surface area contributed by atoms with Gasteiger partial charge in [0.1, 0.15) is 5.82 Å². The molecule has 0 bridgehead atoms. The van der Waals surface area contributed by atoms with Crippen LogP contribution in [0.5, 0.6) is 0 Å². The molecule has 0 unspecified atom stereocenters. The first-order chi connectivity index (χ1) is 7.74. The maximum absolute atomic E-state index is 12.8. The van der Waals surface area contributed by atoms with Gasteiger partial charge in [-0.15, -0.1) is 0 Å². The van der Waals surface area contributed by atoms with Crippen LogP contribution in [0.25, 0.3) is 0 Å². The molecule has 1 aliphatic rings. The zero-order valence-electron chi connectivity index (χ0n) is 9.29. The standard InChI is InChI=1S/C13H17FO2/c14-12-3-1-11(2-4-12)9-13(10-15)5-7-16-8-6-13/h1-4,15H,5-10H2. The van der Waals surface area contributed by atoms with E-state index in [1.807, 2.05) is 0 Å². The first-order valence-electron chi connectivity index (χ1n) is 5.67. The summed E-state index contributed by atoms with van der Waals surface area (Å²) in [6, 6.07) is 6.53. The maximum Gasteiger partial charge on any atom is 0.123 e. The van der Waals surface area contributed by atoms with Crippen LogP contribution >= 0.6 is 0 Å². The lowest BCUT2D eigenvalue weighted by atomic mass is 9.76. The summed E-state index contributed by atoms with van der Waals surface area (Å²) < 4.78 is 18.1. The number of aliphatic hydroxyl groups is 1. The third-order valence-electron chi connectivity index (χ3n) is 3.38. The molecule has 2 nitrogen and oxygen atoms in total. The van der Waals surface area contributed by atoms with Crippen LogP contribution in [-0.4, -0.2) is 24.9 Å². The Morgan fingerprint density at radius 1 is 1.19 bits per heavy atom. The van der Waals surface area contributed by atoms with E-state index < -0.39 is 0 Å². The molecule has 0 saturated carbocycles. The number of ether oxygens (including phenoxy) is 1. The Hall–Kier alpha value is -0.930. The van der Waals surface area contributed by atoms with Crippen LogP contribution in [0, 0.1) is 11.2 Å². The van der Waals surface area contributed by atoms with Gasteiger partial charge >= 0.3 is 0 Å². The highest BCUT2D eigenvalue weighted by atomic mass is 19.1. The first kappa shape index (κ1) is 11.6. The van der Waals surface area contributed by atoms with Crippen molar-refractivity contribution in [2.45, 2.75) is 19.3 Å². The number of halogens is 1. The summed E-state index contributed by atoms with van der Waals surface area (Å²) >= 11 is 0. The molecule has 1 fully saturated rings. The van der Waals surface area contributed by atoms with Crippen molar-refractivity contribution in [3.8, 4) is 0 Å². The smallest absolute Gasteiger partial charge is 0.123 e. The summed E-state index contributed by atoms with van der Waals surface area (Å²) in [5.41, 5.74) is 1.01. The minimum Gasteiger partial charge on any atom is -0.396 e. The molecule has 0 amide bonds. The lowest BCUT2D eigenvalue weighted by Crippen LogP contribution is -2.35. The highest BCUT2D eigenvalue weighted by Crippen LogP contribution is 2.33. The molecule has 3 heteroatoms. The lowest BCUT2D eigenvalue weighted by molar-refractivity contribution is -0.0157. The van der Waals surface area contributed by atoms with Crippen molar-refractivity contribution in [1.29, 1.82) is 0 Å². The second-order valence-electron chi connectivity index (χ2n) is 4.57. The Morgan fingerprint density at radius 3 is 2.38 bits per heavy atom. The van der Waals surface area contributed by atoms with Gasteiger partial charge in [0.2, 0.25) is 0 Å². The summed E-state index contributed by atoms with van der Waals surface area (Å²) in [6.45, 7) is 1.59. The zero-order valence-corrected chi connectivity index (χ0v) is 9.29. The Bertz CT molecular complexity index is 328. The fraction of sp³-hybridized carbons (Fsp3) is 0.538. The van der Waals surface area contributed by atoms with Crippen molar-refractivity contribution in [3.05, 3.63) is 35.6 Å². The van der Waals surface area contributed by atoms with Crippen LogP contribution < -0.4 is 0 Å². The predicted molar refractivity (Wildman–Crippen MR) is 59.7 cm³/mol. The number of rotatable bonds is 3. The van der Waals surface area contributed by atoms with Gasteiger partial charge in [0.05, 0.1) is 0 Å². The third-order valence-corrected chi connectivity index (χ3v) is 3.38. The minimum atomic E-state index is -0.214. The van der Waals surface area contributed by atoms with Crippen molar-refractivity contribution in [2.24, 2.45) is 5.41 Å². The molecule has 1 aliphatic heterocycles. The molecule has 1 N–H and O–H groups in total. The van der Waals surface area contributed by atoms with Crippen molar-refractivity contribution in [3.63, 3.8) is 0 Å². The zero-order chi connectivity index (χ0) is 11.4. The maximum atomic E-state index is 12.8. The number of aliphatic hydroxyl groups excluding tert-OH is 1. The van der Waals surface area contributed by atoms with E-state index in [-0.39, 0.29) is 17.8 Å². The molecule has 88 valence electrons. The highest BCUT2D eigenvalue weighted by molar-refractivity contribution is 5.18. The fourth-order valence-corrected chi connectivity index (χ4v) is 2.23. The molecule has 0 aliphatic carbocycles. The summed E-state index contributed by atoms with van der Waals surface area (Å²) in [7, 11) is 0. The van der Waals surface area contributed by atoms with E-state index in [2.05, 4.69) is 0 Å². The molecular weight excluding hydrogens is 207 g/mol. The van der Waals surface area contributed by atoms with Crippen LogP contribution in [-0.2, 0) is 11.2 Å². The molecule has 16 heavy (non-hydrogen) atoms. The molecule has 1 aromatic carbocycles. The summed E-state index contributed by atoms with van der Waals surface area (Å²) in [5.74, 6) is -0.214. The summed E-state index contributed by atoms with van der Waals surface area (Å²) in [4.78, 5) is 0. The van der Waals surface area contributed by atoms with E-state index in [1.165, 1.54) is 12.1 Å². The summed E-state index contributed by atoms with van der Waals surface area (Å²) in [6.07, 6.45) is 2.55. The Morgan fingerprint density at radius 2 is 1.81 bits per heavy atom. The van der Waals surface area contributed by atoms with Crippen LogP contribution in [0.15, 0.2) is 24.3 Å². The quantitative estimate of drug-likeness (QED) is 0.852. The molecule has 0 aromatic heterocycles. The summed E-state index contributed by atoms with van der Waals surface area (Å²) in [5, 5.41) is 9.53. The monoisotopic (exact) mass is 224 g/mol. The molecule has 1 saturated heterocycles. The fourth-order valence-electron chi connectivity index (χ4n) is 2.23. The van der Waals surface area contributed by atoms with Gasteiger partial charge in [0.25, 0.3) is 0 Å². The average molecular weight is 224 g/mol. The second kappa shape index (κ2) is 4.93. The molecular formula is C13H17FO2. The van der Waals surface area contributed by atoms with E-state index in [4.69, 9.17) is 4.74 Å². The van der Waals surface area contributed by atoms with Gasteiger partial charge in [-0.1, -0.05) is 12.1 Å². The largest absolute Gasteiger partial charge is 0.396 e. The Kier molecular flexibility index (Phi) is 3.56. The van der Waals surface area contributed by atoms with Crippen LogP contribution in [0.3, 0.4) is 0 Å². The van der Waals surface area contributed by atoms with Gasteiger partial charge in [-0.05, 0) is 37.0 Å². The molecule has 0 atom stereocenters. The number of benzene rings is 1. The molecule has 0 radical (unpaired) electrons. The third kappa shape index (κ3) is 2.60. The van der Waals surface area contributed by atoms with E-state index in [0.29, 0.717) is 13.2 Å². The lowest BCUT2D eigenvalue weighted by Gasteiger charge is -2.35. The molecule has 1 aromatic rings. The molecule has 0 spiro atoms. The first-order valence-corrected chi connectivity index (χ1v) is 5.67. The molecule has 1 heterocycles.